The molecule has 15 heteroatoms. The van der Waals surface area contributed by atoms with E-state index in [1.54, 1.807) is 22.9 Å². The lowest BCUT2D eigenvalue weighted by atomic mass is 10.0. The minimum absolute atomic E-state index is 0.0497. The molecule has 52 heavy (non-hydrogen) atoms. The number of hydrogen-bond donors (Lipinski definition) is 4. The van der Waals surface area contributed by atoms with E-state index in [-0.39, 0.29) is 45.3 Å². The second-order valence-corrected chi connectivity index (χ2v) is 13.6. The number of carboxylic acids is 2. The molecule has 12 nitrogen and oxygen atoms in total. The highest BCUT2D eigenvalue weighted by Gasteiger charge is 2.30. The Bertz CT molecular complexity index is 1920. The highest BCUT2D eigenvalue weighted by molar-refractivity contribution is 6.34. The lowest BCUT2D eigenvalue weighted by molar-refractivity contribution is -0.132. The Morgan fingerprint density at radius 3 is 2.17 bits per heavy atom. The van der Waals surface area contributed by atoms with E-state index in [0.29, 0.717) is 37.4 Å². The average Bonchev–Trinajstić information content (AvgIpc) is 4.06. The Morgan fingerprint density at radius 1 is 0.962 bits per heavy atom. The number of aromatic carboxylic acids is 1. The van der Waals surface area contributed by atoms with Crippen molar-refractivity contribution in [2.75, 3.05) is 56.1 Å². The molecular formula is C37H45ClF2N6O6. The van der Waals surface area contributed by atoms with E-state index in [1.807, 2.05) is 23.3 Å². The van der Waals surface area contributed by atoms with Crippen LogP contribution in [0.3, 0.4) is 0 Å². The van der Waals surface area contributed by atoms with E-state index in [2.05, 4.69) is 5.32 Å². The van der Waals surface area contributed by atoms with Crippen molar-refractivity contribution in [1.29, 1.82) is 0 Å². The minimum atomic E-state index is -1.35. The van der Waals surface area contributed by atoms with E-state index < -0.39 is 40.4 Å². The average molecular weight is 743 g/mol. The maximum atomic E-state index is 14.6. The van der Waals surface area contributed by atoms with Crippen LogP contribution in [0.2, 0.25) is 5.02 Å². The highest BCUT2D eigenvalue weighted by atomic mass is 35.5. The number of anilines is 2. The third-order valence-corrected chi connectivity index (χ3v) is 9.77. The summed E-state index contributed by atoms with van der Waals surface area (Å²) in [5.74, 6) is -4.53. The van der Waals surface area contributed by atoms with Crippen molar-refractivity contribution in [1.82, 2.24) is 14.8 Å². The van der Waals surface area contributed by atoms with Crippen LogP contribution in [0.5, 0.6) is 0 Å². The lowest BCUT2D eigenvalue weighted by Gasteiger charge is -2.30. The summed E-state index contributed by atoms with van der Waals surface area (Å²) < 4.78 is 31.1. The number of aromatic nitrogens is 1. The molecular weight excluding hydrogens is 698 g/mol. The number of carbonyl (C=O) groups excluding carboxylic acids is 1. The third-order valence-electron chi connectivity index (χ3n) is 9.48. The smallest absolute Gasteiger partial charge is 0.341 e. The van der Waals surface area contributed by atoms with E-state index in [1.165, 1.54) is 24.5 Å². The third kappa shape index (κ3) is 8.56. The molecule has 1 aromatic heterocycles. The number of Topliss-reactive ketones (excluding diaryl/α,β-unsaturated/α-hetero) is 1. The first-order valence-corrected chi connectivity index (χ1v) is 18.0. The van der Waals surface area contributed by atoms with Crippen molar-refractivity contribution in [3.8, 4) is 0 Å². The van der Waals surface area contributed by atoms with Gasteiger partial charge in [-0.25, -0.2) is 18.4 Å². The number of halogens is 3. The van der Waals surface area contributed by atoms with Crippen LogP contribution in [-0.4, -0.2) is 95.8 Å². The number of nitrogens with one attached hydrogen (secondary N) is 1. The number of carbonyl (C=O) groups is 3. The first kappa shape index (κ1) is 38.7. The standard InChI is InChI=1S/C18H21ClFN3O3.C17H18FN3O3.C2H6/c1-22(12-2-3-12)9-13(18(25)26)17(24)10-6-14(19)16(15(20)7-10)23-5-4-11(21)8-23;18-13-7-11-14(8-15(13)20-5-3-19-4-6-20)21(10-1-2-10)9-12(16(11)22)17(23)24;1-2/h6-7,9,11-12H,2-5,8,21H2,1H3,(H,25,26);7-10,19H,1-6H2,(H,23,24);1-2H3/b13-9+;;. The molecule has 1 atom stereocenters. The lowest BCUT2D eigenvalue weighted by Crippen LogP contribution is -2.43. The Hall–Kier alpha value is -4.53. The fourth-order valence-corrected chi connectivity index (χ4v) is 6.79. The van der Waals surface area contributed by atoms with Crippen LogP contribution in [0, 0.1) is 11.6 Å². The molecule has 3 heterocycles. The van der Waals surface area contributed by atoms with Crippen LogP contribution in [0.1, 0.15) is 72.7 Å². The fraction of sp³-hybridized carbons (Fsp3) is 0.459. The van der Waals surface area contributed by atoms with Gasteiger partial charge in [0.15, 0.2) is 0 Å². The Balaban J connectivity index is 0.000000192. The molecule has 2 aliphatic heterocycles. The Morgan fingerprint density at radius 2 is 1.63 bits per heavy atom. The van der Waals surface area contributed by atoms with Gasteiger partial charge in [-0.3, -0.25) is 9.59 Å². The number of nitrogens with zero attached hydrogens (tertiary/aromatic N) is 4. The molecule has 2 aliphatic carbocycles. The maximum absolute atomic E-state index is 14.6. The number of fused-ring (bicyclic) bond motifs is 1. The topological polar surface area (TPSA) is 161 Å². The highest BCUT2D eigenvalue weighted by Crippen LogP contribution is 2.38. The summed E-state index contributed by atoms with van der Waals surface area (Å²) in [5, 5.41) is 22.1. The van der Waals surface area contributed by atoms with Gasteiger partial charge in [0, 0.05) is 87.8 Å². The molecule has 4 aliphatic rings. The molecule has 4 fully saturated rings. The number of ketones is 1. The van der Waals surface area contributed by atoms with Gasteiger partial charge in [-0.15, -0.1) is 0 Å². The van der Waals surface area contributed by atoms with Gasteiger partial charge < -0.3 is 40.5 Å². The predicted molar refractivity (Wildman–Crippen MR) is 197 cm³/mol. The van der Waals surface area contributed by atoms with E-state index in [4.69, 9.17) is 17.3 Å². The zero-order valence-electron chi connectivity index (χ0n) is 29.5. The number of rotatable bonds is 9. The minimum Gasteiger partial charge on any atom is -0.477 e. The van der Waals surface area contributed by atoms with Gasteiger partial charge in [0.05, 0.1) is 21.9 Å². The number of benzene rings is 2. The van der Waals surface area contributed by atoms with Crippen LogP contribution >= 0.6 is 11.6 Å². The van der Waals surface area contributed by atoms with Crippen LogP contribution in [0.25, 0.3) is 10.9 Å². The van der Waals surface area contributed by atoms with E-state index in [0.717, 1.165) is 51.3 Å². The van der Waals surface area contributed by atoms with Gasteiger partial charge >= 0.3 is 11.9 Å². The van der Waals surface area contributed by atoms with Gasteiger partial charge in [0.25, 0.3) is 0 Å². The summed E-state index contributed by atoms with van der Waals surface area (Å²) >= 11 is 6.20. The quantitative estimate of drug-likeness (QED) is 0.103. The monoisotopic (exact) mass is 742 g/mol. The molecule has 3 aromatic rings. The number of piperazine rings is 1. The first-order valence-electron chi connectivity index (χ1n) is 17.6. The molecule has 7 rings (SSSR count). The predicted octanol–water partition coefficient (Wildman–Crippen LogP) is 4.87. The molecule has 0 spiro atoms. The van der Waals surface area contributed by atoms with Crippen molar-refractivity contribution >= 4 is 51.6 Å². The molecule has 0 radical (unpaired) electrons. The number of pyridine rings is 1. The van der Waals surface area contributed by atoms with Gasteiger partial charge in [0.2, 0.25) is 11.2 Å². The second kappa shape index (κ2) is 16.4. The molecule has 0 bridgehead atoms. The number of carboxylic acid groups (broad SMARTS) is 2. The van der Waals surface area contributed by atoms with Crippen molar-refractivity contribution in [3.63, 3.8) is 0 Å². The van der Waals surface area contributed by atoms with Gasteiger partial charge in [-0.1, -0.05) is 25.4 Å². The molecule has 2 saturated heterocycles. The fourth-order valence-electron chi connectivity index (χ4n) is 6.46. The molecule has 2 aromatic carbocycles. The summed E-state index contributed by atoms with van der Waals surface area (Å²) in [7, 11) is 1.72. The Kier molecular flexibility index (Phi) is 12.2. The van der Waals surface area contributed by atoms with Crippen LogP contribution in [-0.2, 0) is 4.79 Å². The number of aliphatic carboxylic acids is 1. The summed E-state index contributed by atoms with van der Waals surface area (Å²) in [6, 6.07) is 5.64. The van der Waals surface area contributed by atoms with Crippen molar-refractivity contribution in [2.45, 2.75) is 64.1 Å². The number of nitrogens with two attached hydrogens (primary N) is 1. The van der Waals surface area contributed by atoms with Crippen molar-refractivity contribution < 1.29 is 33.4 Å². The first-order chi connectivity index (χ1) is 24.8. The maximum Gasteiger partial charge on any atom is 0.341 e. The summed E-state index contributed by atoms with van der Waals surface area (Å²) in [6.45, 7) is 8.02. The zero-order chi connectivity index (χ0) is 37.9. The van der Waals surface area contributed by atoms with Gasteiger partial charge in [0.1, 0.15) is 22.8 Å². The Labute approximate surface area is 305 Å². The normalized spacial score (nSPS) is 18.7. The van der Waals surface area contributed by atoms with Crippen LogP contribution < -0.4 is 26.3 Å². The van der Waals surface area contributed by atoms with Crippen molar-refractivity contribution in [3.05, 3.63) is 80.2 Å². The van der Waals surface area contributed by atoms with Crippen LogP contribution in [0.15, 0.2) is 47.0 Å². The molecule has 280 valence electrons. The second-order valence-electron chi connectivity index (χ2n) is 13.2. The van der Waals surface area contributed by atoms with Crippen molar-refractivity contribution in [2.24, 2.45) is 5.73 Å². The largest absolute Gasteiger partial charge is 0.477 e. The molecule has 1 unspecified atom stereocenters. The van der Waals surface area contributed by atoms with Gasteiger partial charge in [-0.05, 0) is 56.4 Å². The summed E-state index contributed by atoms with van der Waals surface area (Å²) in [6.07, 6.45) is 7.25. The molecule has 0 amide bonds. The molecule has 5 N–H and O–H groups in total. The summed E-state index contributed by atoms with van der Waals surface area (Å²) in [5.41, 5.74) is 5.71. The zero-order valence-corrected chi connectivity index (χ0v) is 30.3. The SMILES string of the molecule is CC.CN(/C=C(/C(=O)O)C(=O)c1cc(F)c(N2CCC(N)C2)c(Cl)c1)C1CC1.O=C(O)c1cn(C2CC2)c2cc(N3CCNCC3)c(F)cc2c1=O. The van der Waals surface area contributed by atoms with E-state index in [9.17, 15) is 38.2 Å². The number of hydrogen-bond acceptors (Lipinski definition) is 9. The van der Waals surface area contributed by atoms with Gasteiger partial charge in [-0.2, -0.15) is 0 Å². The molecule has 2 saturated carbocycles. The summed E-state index contributed by atoms with van der Waals surface area (Å²) in [4.78, 5) is 53.3. The van der Waals surface area contributed by atoms with E-state index >= 15 is 0 Å². The van der Waals surface area contributed by atoms with Crippen LogP contribution in [0.4, 0.5) is 20.2 Å².